The summed E-state index contributed by atoms with van der Waals surface area (Å²) in [5.74, 6) is 0.0197. The molecule has 3 aromatic rings. The summed E-state index contributed by atoms with van der Waals surface area (Å²) in [4.78, 5) is 21.5. The van der Waals surface area contributed by atoms with Gasteiger partial charge in [0.1, 0.15) is 17.1 Å². The van der Waals surface area contributed by atoms with Gasteiger partial charge in [0.15, 0.2) is 5.13 Å². The molecule has 156 valence electrons. The lowest BCUT2D eigenvalue weighted by atomic mass is 10.2. The van der Waals surface area contributed by atoms with E-state index in [2.05, 4.69) is 9.88 Å². The number of carbonyl (C=O) groups is 1. The first-order valence-corrected chi connectivity index (χ1v) is 10.1. The van der Waals surface area contributed by atoms with Crippen LogP contribution in [0.25, 0.3) is 10.2 Å². The minimum atomic E-state index is -0.429. The predicted octanol–water partition coefficient (Wildman–Crippen LogP) is 4.85. The van der Waals surface area contributed by atoms with E-state index in [4.69, 9.17) is 4.74 Å². The number of hydrogen-bond acceptors (Lipinski definition) is 5. The van der Waals surface area contributed by atoms with Gasteiger partial charge in [0.05, 0.1) is 11.3 Å². The second-order valence-electron chi connectivity index (χ2n) is 6.66. The first-order chi connectivity index (χ1) is 13.5. The topological polar surface area (TPSA) is 45.7 Å². The van der Waals surface area contributed by atoms with Gasteiger partial charge in [-0.25, -0.2) is 9.37 Å². The van der Waals surface area contributed by atoms with E-state index < -0.39 is 5.82 Å². The highest BCUT2D eigenvalue weighted by atomic mass is 35.5. The van der Waals surface area contributed by atoms with Gasteiger partial charge in [0, 0.05) is 12.1 Å². The molecular formula is C21H25ClFN3O2S. The fourth-order valence-corrected chi connectivity index (χ4v) is 3.91. The molecule has 1 amide bonds. The molecule has 0 saturated carbocycles. The molecule has 5 nitrogen and oxygen atoms in total. The van der Waals surface area contributed by atoms with Gasteiger partial charge < -0.3 is 9.64 Å². The van der Waals surface area contributed by atoms with Crippen LogP contribution in [0.5, 0.6) is 5.75 Å². The summed E-state index contributed by atoms with van der Waals surface area (Å²) in [5, 5.41) is 0.593. The Morgan fingerprint density at radius 3 is 2.62 bits per heavy atom. The summed E-state index contributed by atoms with van der Waals surface area (Å²) in [6, 6.07) is 11.5. The molecule has 29 heavy (non-hydrogen) atoms. The molecule has 0 aliphatic carbocycles. The second-order valence-corrected chi connectivity index (χ2v) is 7.67. The first kappa shape index (κ1) is 23.1. The van der Waals surface area contributed by atoms with E-state index in [-0.39, 0.29) is 18.3 Å². The molecular weight excluding hydrogens is 413 g/mol. The van der Waals surface area contributed by atoms with E-state index in [1.54, 1.807) is 17.0 Å². The number of ether oxygens (including phenoxy) is 1. The maximum atomic E-state index is 13.6. The highest BCUT2D eigenvalue weighted by Crippen LogP contribution is 2.34. The third-order valence-electron chi connectivity index (χ3n) is 4.21. The molecule has 1 aromatic heterocycles. The third-order valence-corrected chi connectivity index (χ3v) is 5.25. The Balaban J connectivity index is 0.00000300. The van der Waals surface area contributed by atoms with Gasteiger partial charge in [-0.1, -0.05) is 23.5 Å². The number of rotatable bonds is 8. The van der Waals surface area contributed by atoms with E-state index >= 15 is 0 Å². The number of aromatic nitrogens is 1. The monoisotopic (exact) mass is 437 g/mol. The molecule has 0 bridgehead atoms. The Hall–Kier alpha value is -2.22. The third kappa shape index (κ3) is 5.65. The average Bonchev–Trinajstić information content (AvgIpc) is 3.09. The van der Waals surface area contributed by atoms with Gasteiger partial charge in [-0.05, 0) is 64.3 Å². The maximum absolute atomic E-state index is 13.6. The van der Waals surface area contributed by atoms with Gasteiger partial charge in [-0.2, -0.15) is 0 Å². The number of anilines is 1. The number of carbonyl (C=O) groups excluding carboxylic acids is 1. The fraction of sp³-hybridized carbons (Fsp3) is 0.333. The van der Waals surface area contributed by atoms with Crippen LogP contribution >= 0.6 is 23.7 Å². The van der Waals surface area contributed by atoms with Gasteiger partial charge >= 0.3 is 0 Å². The van der Waals surface area contributed by atoms with Crippen LogP contribution in [-0.2, 0) is 0 Å². The minimum absolute atomic E-state index is 0. The Morgan fingerprint density at radius 1 is 1.17 bits per heavy atom. The van der Waals surface area contributed by atoms with Crippen molar-refractivity contribution in [2.24, 2.45) is 0 Å². The zero-order valence-electron chi connectivity index (χ0n) is 16.7. The first-order valence-electron chi connectivity index (χ1n) is 9.24. The molecule has 0 saturated heterocycles. The zero-order chi connectivity index (χ0) is 20.1. The molecule has 0 unspecified atom stereocenters. The summed E-state index contributed by atoms with van der Waals surface area (Å²) in [6.07, 6.45) is 0.780. The molecule has 3 rings (SSSR count). The number of amides is 1. The van der Waals surface area contributed by atoms with Crippen LogP contribution in [-0.4, -0.2) is 49.6 Å². The molecule has 0 radical (unpaired) electrons. The molecule has 2 aromatic carbocycles. The summed E-state index contributed by atoms with van der Waals surface area (Å²) < 4.78 is 20.3. The van der Waals surface area contributed by atoms with Crippen LogP contribution < -0.4 is 9.64 Å². The van der Waals surface area contributed by atoms with Crippen molar-refractivity contribution in [3.8, 4) is 5.75 Å². The average molecular weight is 438 g/mol. The Bertz CT molecular complexity index is 964. The molecule has 0 atom stereocenters. The van der Waals surface area contributed by atoms with Crippen molar-refractivity contribution in [2.45, 2.75) is 13.3 Å². The summed E-state index contributed by atoms with van der Waals surface area (Å²) in [7, 11) is 3.98. The van der Waals surface area contributed by atoms with Gasteiger partial charge in [-0.15, -0.1) is 12.4 Å². The van der Waals surface area contributed by atoms with Crippen LogP contribution in [0, 0.1) is 5.82 Å². The molecule has 8 heteroatoms. The number of benzene rings is 2. The lowest BCUT2D eigenvalue weighted by Crippen LogP contribution is -2.33. The Kier molecular flexibility index (Phi) is 8.37. The predicted molar refractivity (Wildman–Crippen MR) is 119 cm³/mol. The fourth-order valence-electron chi connectivity index (χ4n) is 2.91. The lowest BCUT2D eigenvalue weighted by molar-refractivity contribution is 0.0985. The molecule has 0 N–H and O–H groups in total. The summed E-state index contributed by atoms with van der Waals surface area (Å²) >= 11 is 1.44. The molecule has 0 aliphatic rings. The standard InChI is InChI=1S/C21H24FN3O2S.ClH/c1-4-27-17-10-6-11-18-19(17)23-21(28-18)25(13-7-12-24(2)3)20(26)15-8-5-9-16(22)14-15;/h5-6,8-11,14H,4,7,12-13H2,1-3H3;1H. The van der Waals surface area contributed by atoms with Crippen molar-refractivity contribution in [3.05, 3.63) is 53.8 Å². The second kappa shape index (κ2) is 10.5. The van der Waals surface area contributed by atoms with Crippen LogP contribution in [0.1, 0.15) is 23.7 Å². The molecule has 1 heterocycles. The molecule has 0 spiro atoms. The van der Waals surface area contributed by atoms with Crippen molar-refractivity contribution < 1.29 is 13.9 Å². The van der Waals surface area contributed by atoms with Crippen molar-refractivity contribution in [1.29, 1.82) is 0 Å². The highest BCUT2D eigenvalue weighted by Gasteiger charge is 2.22. The van der Waals surface area contributed by atoms with E-state index in [0.29, 0.717) is 29.6 Å². The number of nitrogens with zero attached hydrogens (tertiary/aromatic N) is 3. The van der Waals surface area contributed by atoms with Crippen molar-refractivity contribution in [3.63, 3.8) is 0 Å². The van der Waals surface area contributed by atoms with Gasteiger partial charge in [0.25, 0.3) is 5.91 Å². The molecule has 0 aliphatic heterocycles. The number of fused-ring (bicyclic) bond motifs is 1. The SMILES string of the molecule is CCOc1cccc2sc(N(CCCN(C)C)C(=O)c3cccc(F)c3)nc12.Cl. The van der Waals surface area contributed by atoms with Crippen LogP contribution in [0.15, 0.2) is 42.5 Å². The quantitative estimate of drug-likeness (QED) is 0.505. The van der Waals surface area contributed by atoms with E-state index in [0.717, 1.165) is 23.2 Å². The van der Waals surface area contributed by atoms with Crippen LogP contribution in [0.3, 0.4) is 0 Å². The van der Waals surface area contributed by atoms with Crippen molar-refractivity contribution >= 4 is 45.0 Å². The molecule has 0 fully saturated rings. The van der Waals surface area contributed by atoms with E-state index in [1.165, 1.54) is 23.5 Å². The van der Waals surface area contributed by atoms with Crippen molar-refractivity contribution in [2.75, 3.05) is 38.7 Å². The minimum Gasteiger partial charge on any atom is -0.492 e. The summed E-state index contributed by atoms with van der Waals surface area (Å²) in [6.45, 7) is 3.80. The smallest absolute Gasteiger partial charge is 0.260 e. The van der Waals surface area contributed by atoms with Gasteiger partial charge in [-0.3, -0.25) is 9.69 Å². The van der Waals surface area contributed by atoms with Gasteiger partial charge in [0.2, 0.25) is 0 Å². The summed E-state index contributed by atoms with van der Waals surface area (Å²) in [5.41, 5.74) is 1.06. The number of hydrogen-bond donors (Lipinski definition) is 0. The lowest BCUT2D eigenvalue weighted by Gasteiger charge is -2.21. The normalized spacial score (nSPS) is 10.8. The maximum Gasteiger partial charge on any atom is 0.260 e. The number of para-hydroxylation sites is 1. The zero-order valence-corrected chi connectivity index (χ0v) is 18.4. The number of thiazole rings is 1. The largest absolute Gasteiger partial charge is 0.492 e. The highest BCUT2D eigenvalue weighted by molar-refractivity contribution is 7.22. The Labute approximate surface area is 180 Å². The van der Waals surface area contributed by atoms with E-state index in [9.17, 15) is 9.18 Å². The number of halogens is 2. The van der Waals surface area contributed by atoms with Crippen molar-refractivity contribution in [1.82, 2.24) is 9.88 Å². The Morgan fingerprint density at radius 2 is 1.93 bits per heavy atom. The van der Waals surface area contributed by atoms with Crippen LogP contribution in [0.2, 0.25) is 0 Å². The van der Waals surface area contributed by atoms with E-state index in [1.807, 2.05) is 39.2 Å². The van der Waals surface area contributed by atoms with Crippen LogP contribution in [0.4, 0.5) is 9.52 Å².